The van der Waals surface area contributed by atoms with Gasteiger partial charge in [0.1, 0.15) is 0 Å². The minimum absolute atomic E-state index is 0.207. The summed E-state index contributed by atoms with van der Waals surface area (Å²) < 4.78 is 0. The van der Waals surface area contributed by atoms with Gasteiger partial charge in [0.2, 0.25) is 0 Å². The third-order valence-corrected chi connectivity index (χ3v) is 4.25. The smallest absolute Gasteiger partial charge is 0.315 e. The molecular weight excluding hydrogens is 256 g/mol. The molecule has 0 aromatic carbocycles. The lowest BCUT2D eigenvalue weighted by Crippen LogP contribution is -2.48. The highest BCUT2D eigenvalue weighted by atomic mass is 16.4. The van der Waals surface area contributed by atoms with Gasteiger partial charge in [-0.05, 0) is 25.2 Å². The normalized spacial score (nSPS) is 23.9. The van der Waals surface area contributed by atoms with Crippen LogP contribution in [0.3, 0.4) is 0 Å². The SMILES string of the molecule is CCCC(CNC(=O)NC1CCCCC1CC)C(=O)O. The van der Waals surface area contributed by atoms with Gasteiger partial charge in [-0.3, -0.25) is 4.79 Å². The molecule has 5 nitrogen and oxygen atoms in total. The molecule has 1 saturated carbocycles. The maximum Gasteiger partial charge on any atom is 0.315 e. The Balaban J connectivity index is 2.36. The van der Waals surface area contributed by atoms with E-state index in [0.29, 0.717) is 12.3 Å². The first-order chi connectivity index (χ1) is 9.58. The fourth-order valence-electron chi connectivity index (χ4n) is 2.98. The lowest BCUT2D eigenvalue weighted by Gasteiger charge is -2.31. The van der Waals surface area contributed by atoms with E-state index in [-0.39, 0.29) is 18.6 Å². The van der Waals surface area contributed by atoms with Crippen LogP contribution in [0.5, 0.6) is 0 Å². The maximum atomic E-state index is 11.9. The van der Waals surface area contributed by atoms with Gasteiger partial charge in [0.05, 0.1) is 5.92 Å². The topological polar surface area (TPSA) is 78.4 Å². The van der Waals surface area contributed by atoms with Crippen molar-refractivity contribution in [1.29, 1.82) is 0 Å². The van der Waals surface area contributed by atoms with Crippen LogP contribution < -0.4 is 10.6 Å². The van der Waals surface area contributed by atoms with E-state index in [1.165, 1.54) is 12.8 Å². The second kappa shape index (κ2) is 8.82. The number of aliphatic carboxylic acids is 1. The van der Waals surface area contributed by atoms with Gasteiger partial charge in [-0.2, -0.15) is 0 Å². The second-order valence-electron chi connectivity index (χ2n) is 5.74. The zero-order chi connectivity index (χ0) is 15.0. The van der Waals surface area contributed by atoms with Gasteiger partial charge in [0.15, 0.2) is 0 Å². The first-order valence-electron chi connectivity index (χ1n) is 7.85. The fraction of sp³-hybridized carbons (Fsp3) is 0.867. The summed E-state index contributed by atoms with van der Waals surface area (Å²) in [5.74, 6) is -0.768. The lowest BCUT2D eigenvalue weighted by molar-refractivity contribution is -0.141. The summed E-state index contributed by atoms with van der Waals surface area (Å²) in [6, 6.07) is 0.0147. The first kappa shape index (κ1) is 16.8. The van der Waals surface area contributed by atoms with Gasteiger partial charge in [-0.15, -0.1) is 0 Å². The maximum absolute atomic E-state index is 11.9. The molecule has 116 valence electrons. The van der Waals surface area contributed by atoms with Crippen molar-refractivity contribution in [1.82, 2.24) is 10.6 Å². The van der Waals surface area contributed by atoms with E-state index >= 15 is 0 Å². The predicted octanol–water partition coefficient (Wildman–Crippen LogP) is 2.76. The van der Waals surface area contributed by atoms with Crippen molar-refractivity contribution < 1.29 is 14.7 Å². The Hall–Kier alpha value is -1.26. The van der Waals surface area contributed by atoms with Crippen molar-refractivity contribution in [3.05, 3.63) is 0 Å². The molecule has 3 unspecified atom stereocenters. The van der Waals surface area contributed by atoms with E-state index in [1.54, 1.807) is 0 Å². The minimum Gasteiger partial charge on any atom is -0.481 e. The first-order valence-corrected chi connectivity index (χ1v) is 7.85. The summed E-state index contributed by atoms with van der Waals surface area (Å²) in [5.41, 5.74) is 0. The van der Waals surface area contributed by atoms with Crippen LogP contribution in [-0.2, 0) is 4.79 Å². The van der Waals surface area contributed by atoms with Gasteiger partial charge in [-0.25, -0.2) is 4.79 Å². The van der Waals surface area contributed by atoms with Gasteiger partial charge in [0, 0.05) is 12.6 Å². The van der Waals surface area contributed by atoms with E-state index in [2.05, 4.69) is 17.6 Å². The van der Waals surface area contributed by atoms with Crippen LogP contribution in [-0.4, -0.2) is 29.7 Å². The van der Waals surface area contributed by atoms with Crippen molar-refractivity contribution in [2.24, 2.45) is 11.8 Å². The monoisotopic (exact) mass is 284 g/mol. The molecule has 1 rings (SSSR count). The van der Waals surface area contributed by atoms with E-state index in [4.69, 9.17) is 5.11 Å². The van der Waals surface area contributed by atoms with Crippen LogP contribution in [0.1, 0.15) is 58.8 Å². The molecule has 0 aliphatic heterocycles. The van der Waals surface area contributed by atoms with Crippen LogP contribution in [0, 0.1) is 11.8 Å². The van der Waals surface area contributed by atoms with E-state index in [9.17, 15) is 9.59 Å². The van der Waals surface area contributed by atoms with Crippen LogP contribution in [0.25, 0.3) is 0 Å². The zero-order valence-corrected chi connectivity index (χ0v) is 12.7. The average Bonchev–Trinajstić information content (AvgIpc) is 2.43. The number of carbonyl (C=O) groups is 2. The number of hydrogen-bond donors (Lipinski definition) is 3. The minimum atomic E-state index is -0.837. The predicted molar refractivity (Wildman–Crippen MR) is 78.6 cm³/mol. The highest BCUT2D eigenvalue weighted by Crippen LogP contribution is 2.26. The van der Waals surface area contributed by atoms with Crippen molar-refractivity contribution in [3.8, 4) is 0 Å². The number of nitrogens with one attached hydrogen (secondary N) is 2. The van der Waals surface area contributed by atoms with Crippen molar-refractivity contribution in [2.75, 3.05) is 6.54 Å². The number of rotatable bonds is 7. The Bertz CT molecular complexity index is 320. The standard InChI is InChI=1S/C15H28N2O3/c1-3-7-12(14(18)19)10-16-15(20)17-13-9-6-5-8-11(13)4-2/h11-13H,3-10H2,1-2H3,(H,18,19)(H2,16,17,20). The Morgan fingerprint density at radius 3 is 2.55 bits per heavy atom. The van der Waals surface area contributed by atoms with E-state index in [0.717, 1.165) is 25.7 Å². The molecule has 0 spiro atoms. The molecule has 1 fully saturated rings. The molecule has 20 heavy (non-hydrogen) atoms. The van der Waals surface area contributed by atoms with Crippen LogP contribution in [0.15, 0.2) is 0 Å². The number of urea groups is 1. The van der Waals surface area contributed by atoms with E-state index < -0.39 is 11.9 Å². The molecule has 1 aliphatic carbocycles. The van der Waals surface area contributed by atoms with E-state index in [1.807, 2.05) is 6.92 Å². The molecular formula is C15H28N2O3. The number of carbonyl (C=O) groups excluding carboxylic acids is 1. The van der Waals surface area contributed by atoms with Gasteiger partial charge in [0.25, 0.3) is 0 Å². The molecule has 2 amide bonds. The Morgan fingerprint density at radius 2 is 1.95 bits per heavy atom. The van der Waals surface area contributed by atoms with Crippen LogP contribution in [0.2, 0.25) is 0 Å². The molecule has 5 heteroatoms. The molecule has 0 radical (unpaired) electrons. The van der Waals surface area contributed by atoms with Crippen molar-refractivity contribution in [3.63, 3.8) is 0 Å². The summed E-state index contributed by atoms with van der Waals surface area (Å²) in [6.07, 6.45) is 7.10. The fourth-order valence-corrected chi connectivity index (χ4v) is 2.98. The molecule has 3 atom stereocenters. The number of carboxylic acid groups (broad SMARTS) is 1. The molecule has 3 N–H and O–H groups in total. The Labute approximate surface area is 121 Å². The lowest BCUT2D eigenvalue weighted by atomic mass is 9.83. The Kier molecular flexibility index (Phi) is 7.41. The quantitative estimate of drug-likeness (QED) is 0.672. The number of amides is 2. The van der Waals surface area contributed by atoms with Gasteiger partial charge >= 0.3 is 12.0 Å². The molecule has 0 aromatic heterocycles. The molecule has 0 aromatic rings. The molecule has 1 aliphatic rings. The summed E-state index contributed by atoms with van der Waals surface area (Å²) in [4.78, 5) is 22.9. The molecule has 0 saturated heterocycles. The third-order valence-electron chi connectivity index (χ3n) is 4.25. The second-order valence-corrected chi connectivity index (χ2v) is 5.74. The van der Waals surface area contributed by atoms with Crippen LogP contribution in [0.4, 0.5) is 4.79 Å². The highest BCUT2D eigenvalue weighted by Gasteiger charge is 2.25. The number of hydrogen-bond acceptors (Lipinski definition) is 2. The highest BCUT2D eigenvalue weighted by molar-refractivity contribution is 5.76. The molecule has 0 heterocycles. The summed E-state index contributed by atoms with van der Waals surface area (Å²) in [7, 11) is 0. The average molecular weight is 284 g/mol. The van der Waals surface area contributed by atoms with Crippen molar-refractivity contribution in [2.45, 2.75) is 64.8 Å². The number of carboxylic acids is 1. The summed E-state index contributed by atoms with van der Waals surface area (Å²) in [5, 5.41) is 14.8. The van der Waals surface area contributed by atoms with Gasteiger partial charge < -0.3 is 15.7 Å². The Morgan fingerprint density at radius 1 is 1.25 bits per heavy atom. The van der Waals surface area contributed by atoms with Crippen molar-refractivity contribution >= 4 is 12.0 Å². The van der Waals surface area contributed by atoms with Crippen LogP contribution >= 0.6 is 0 Å². The summed E-state index contributed by atoms with van der Waals surface area (Å²) >= 11 is 0. The summed E-state index contributed by atoms with van der Waals surface area (Å²) in [6.45, 7) is 4.31. The largest absolute Gasteiger partial charge is 0.481 e. The molecule has 0 bridgehead atoms. The van der Waals surface area contributed by atoms with Gasteiger partial charge in [-0.1, -0.05) is 39.5 Å². The zero-order valence-electron chi connectivity index (χ0n) is 12.7. The third kappa shape index (κ3) is 5.39.